The van der Waals surface area contributed by atoms with Crippen LogP contribution in [-0.2, 0) is 34.7 Å². The molecule has 3 atom stereocenters. The number of hydrogen-bond acceptors (Lipinski definition) is 7. The Kier molecular flexibility index (Phi) is 3.43. The van der Waals surface area contributed by atoms with Gasteiger partial charge in [-0.3, -0.25) is 4.74 Å². The number of epoxide rings is 1. The van der Waals surface area contributed by atoms with E-state index in [0.717, 1.165) is 0 Å². The summed E-state index contributed by atoms with van der Waals surface area (Å²) in [5.74, 6) is -3.37. The minimum atomic E-state index is -1.50. The summed E-state index contributed by atoms with van der Waals surface area (Å²) in [5, 5.41) is 0. The number of hydrogen-bond donors (Lipinski definition) is 0. The molecule has 3 heterocycles. The van der Waals surface area contributed by atoms with E-state index in [2.05, 4.69) is 0 Å². The maximum atomic E-state index is 12.3. The highest BCUT2D eigenvalue weighted by atomic mass is 17.3. The zero-order chi connectivity index (χ0) is 17.7. The Bertz CT molecular complexity index is 820. The van der Waals surface area contributed by atoms with Crippen LogP contribution in [0.1, 0.15) is 15.9 Å². The van der Waals surface area contributed by atoms with Gasteiger partial charge in [-0.15, -0.1) is 0 Å². The smallest absolute Gasteiger partial charge is 0.343 e. The third-order valence-corrected chi connectivity index (χ3v) is 4.80. The van der Waals surface area contributed by atoms with Gasteiger partial charge in [0.05, 0.1) is 18.8 Å². The topological polar surface area (TPSA) is 75.8 Å². The van der Waals surface area contributed by atoms with Gasteiger partial charge in [-0.25, -0.2) is 4.79 Å². The lowest BCUT2D eigenvalue weighted by molar-refractivity contribution is -0.422. The minimum Gasteiger partial charge on any atom is -0.456 e. The standard InChI is InChI=1S/C19H16O7/c20-16(14-7-3-1-4-8-14)21-13-18-17(11-22-17)12-23-19(24-18,26-25-18)15-9-5-2-6-10-15/h1-10H,11-13H2/t17?,18-,19+/m1/s1. The summed E-state index contributed by atoms with van der Waals surface area (Å²) < 4.78 is 22.8. The van der Waals surface area contributed by atoms with Gasteiger partial charge in [-0.05, 0) is 12.1 Å². The molecule has 0 amide bonds. The molecular weight excluding hydrogens is 340 g/mol. The number of fused-ring (bicyclic) bond motifs is 3. The van der Waals surface area contributed by atoms with Crippen LogP contribution in [-0.4, -0.2) is 37.2 Å². The summed E-state index contributed by atoms with van der Waals surface area (Å²) >= 11 is 0. The van der Waals surface area contributed by atoms with Crippen molar-refractivity contribution in [1.29, 1.82) is 0 Å². The van der Waals surface area contributed by atoms with Crippen molar-refractivity contribution in [2.45, 2.75) is 17.4 Å². The molecule has 3 saturated heterocycles. The summed E-state index contributed by atoms with van der Waals surface area (Å²) in [7, 11) is 0. The van der Waals surface area contributed by atoms with E-state index in [-0.39, 0.29) is 13.2 Å². The Morgan fingerprint density at radius 3 is 2.27 bits per heavy atom. The van der Waals surface area contributed by atoms with Gasteiger partial charge in [0, 0.05) is 5.56 Å². The summed E-state index contributed by atoms with van der Waals surface area (Å²) in [6, 6.07) is 17.9. The van der Waals surface area contributed by atoms with Crippen molar-refractivity contribution in [1.82, 2.24) is 0 Å². The fourth-order valence-corrected chi connectivity index (χ4v) is 3.14. The molecule has 0 saturated carbocycles. The largest absolute Gasteiger partial charge is 0.456 e. The molecule has 2 aromatic rings. The normalized spacial score (nSPS) is 34.6. The predicted octanol–water partition coefficient (Wildman–Crippen LogP) is 2.13. The van der Waals surface area contributed by atoms with Crippen LogP contribution in [0.5, 0.6) is 0 Å². The molecule has 1 spiro atoms. The van der Waals surface area contributed by atoms with E-state index < -0.39 is 23.3 Å². The average Bonchev–Trinajstić information content (AvgIpc) is 3.43. The second-order valence-electron chi connectivity index (χ2n) is 6.46. The van der Waals surface area contributed by atoms with Gasteiger partial charge >= 0.3 is 11.9 Å². The third kappa shape index (κ3) is 2.29. The Morgan fingerprint density at radius 2 is 1.58 bits per heavy atom. The van der Waals surface area contributed by atoms with E-state index in [0.29, 0.717) is 17.7 Å². The van der Waals surface area contributed by atoms with Crippen molar-refractivity contribution in [2.75, 3.05) is 19.8 Å². The number of benzene rings is 2. The molecule has 3 aliphatic rings. The van der Waals surface area contributed by atoms with Crippen molar-refractivity contribution in [3.8, 4) is 0 Å². The summed E-state index contributed by atoms with van der Waals surface area (Å²) in [6.45, 7) is 0.383. The zero-order valence-corrected chi connectivity index (χ0v) is 13.8. The molecular formula is C19H16O7. The molecule has 1 unspecified atom stereocenters. The number of carbonyl (C=O) groups excluding carboxylic acids is 1. The van der Waals surface area contributed by atoms with Gasteiger partial charge in [-0.1, -0.05) is 48.5 Å². The first-order valence-electron chi connectivity index (χ1n) is 8.30. The number of carbonyl (C=O) groups is 1. The van der Waals surface area contributed by atoms with Gasteiger partial charge in [0.2, 0.25) is 0 Å². The molecule has 26 heavy (non-hydrogen) atoms. The summed E-state index contributed by atoms with van der Waals surface area (Å²) in [6.07, 6.45) is 0. The Morgan fingerprint density at radius 1 is 0.923 bits per heavy atom. The van der Waals surface area contributed by atoms with Crippen LogP contribution >= 0.6 is 0 Å². The first-order chi connectivity index (χ1) is 12.7. The van der Waals surface area contributed by atoms with Crippen LogP contribution < -0.4 is 0 Å². The monoisotopic (exact) mass is 356 g/mol. The average molecular weight is 356 g/mol. The van der Waals surface area contributed by atoms with Crippen molar-refractivity contribution in [3.05, 3.63) is 71.8 Å². The molecule has 0 aromatic heterocycles. The number of ether oxygens (including phenoxy) is 4. The van der Waals surface area contributed by atoms with Gasteiger partial charge < -0.3 is 14.2 Å². The molecule has 0 aliphatic carbocycles. The second-order valence-corrected chi connectivity index (χ2v) is 6.46. The molecule has 5 rings (SSSR count). The molecule has 7 nitrogen and oxygen atoms in total. The molecule has 2 aromatic carbocycles. The quantitative estimate of drug-likeness (QED) is 0.472. The highest BCUT2D eigenvalue weighted by Crippen LogP contribution is 2.56. The summed E-state index contributed by atoms with van der Waals surface area (Å²) in [4.78, 5) is 23.3. The van der Waals surface area contributed by atoms with Crippen LogP contribution in [0.3, 0.4) is 0 Å². The molecule has 7 heteroatoms. The fraction of sp³-hybridized carbons (Fsp3) is 0.316. The van der Waals surface area contributed by atoms with E-state index in [4.69, 9.17) is 28.7 Å². The Balaban J connectivity index is 1.39. The first-order valence-corrected chi connectivity index (χ1v) is 8.30. The highest BCUT2D eigenvalue weighted by molar-refractivity contribution is 5.89. The van der Waals surface area contributed by atoms with Crippen molar-refractivity contribution < 1.29 is 33.5 Å². The lowest BCUT2D eigenvalue weighted by atomic mass is 9.99. The zero-order valence-electron chi connectivity index (χ0n) is 13.8. The molecule has 0 radical (unpaired) electrons. The van der Waals surface area contributed by atoms with E-state index >= 15 is 0 Å². The molecule has 3 aliphatic heterocycles. The van der Waals surface area contributed by atoms with E-state index in [1.807, 2.05) is 24.3 Å². The molecule has 134 valence electrons. The van der Waals surface area contributed by atoms with Gasteiger partial charge in [-0.2, -0.15) is 9.78 Å². The van der Waals surface area contributed by atoms with Crippen molar-refractivity contribution >= 4 is 5.97 Å². The van der Waals surface area contributed by atoms with Gasteiger partial charge in [0.25, 0.3) is 5.79 Å². The lowest BCUT2D eigenvalue weighted by Crippen LogP contribution is -2.58. The van der Waals surface area contributed by atoms with Crippen molar-refractivity contribution in [2.24, 2.45) is 0 Å². The molecule has 0 N–H and O–H groups in total. The minimum absolute atomic E-state index is 0.182. The predicted molar refractivity (Wildman–Crippen MR) is 85.5 cm³/mol. The van der Waals surface area contributed by atoms with Crippen LogP contribution in [0, 0.1) is 0 Å². The SMILES string of the molecule is O=C(OC[C@@]12OO[C@@](c3ccccc3)(OCC13CO3)O2)c1ccccc1. The Labute approximate surface area is 149 Å². The van der Waals surface area contributed by atoms with E-state index in [9.17, 15) is 4.79 Å². The van der Waals surface area contributed by atoms with Gasteiger partial charge in [0.15, 0.2) is 12.2 Å². The van der Waals surface area contributed by atoms with Crippen LogP contribution in [0.25, 0.3) is 0 Å². The number of rotatable bonds is 4. The van der Waals surface area contributed by atoms with E-state index in [1.54, 1.807) is 36.4 Å². The van der Waals surface area contributed by atoms with Crippen LogP contribution in [0.15, 0.2) is 60.7 Å². The molecule has 2 bridgehead atoms. The third-order valence-electron chi connectivity index (χ3n) is 4.80. The lowest BCUT2D eigenvalue weighted by Gasteiger charge is -2.37. The van der Waals surface area contributed by atoms with E-state index in [1.165, 1.54) is 0 Å². The van der Waals surface area contributed by atoms with Gasteiger partial charge in [0.1, 0.15) is 0 Å². The number of esters is 1. The van der Waals surface area contributed by atoms with Crippen LogP contribution in [0.2, 0.25) is 0 Å². The van der Waals surface area contributed by atoms with Crippen molar-refractivity contribution in [3.63, 3.8) is 0 Å². The highest BCUT2D eigenvalue weighted by Gasteiger charge is 2.77. The summed E-state index contributed by atoms with van der Waals surface area (Å²) in [5.41, 5.74) is 0.236. The van der Waals surface area contributed by atoms with Crippen LogP contribution in [0.4, 0.5) is 0 Å². The molecule has 3 fully saturated rings. The maximum absolute atomic E-state index is 12.3. The second kappa shape index (κ2) is 5.60. The Hall–Kier alpha value is -2.29. The first kappa shape index (κ1) is 15.9. The maximum Gasteiger partial charge on any atom is 0.343 e. The fourth-order valence-electron chi connectivity index (χ4n) is 3.14.